The van der Waals surface area contributed by atoms with Crippen LogP contribution in [0.25, 0.3) is 0 Å². The molecule has 2 aromatic rings. The number of hydrogen-bond donors (Lipinski definition) is 1. The lowest BCUT2D eigenvalue weighted by atomic mass is 9.98. The van der Waals surface area contributed by atoms with Crippen molar-refractivity contribution in [3.8, 4) is 0 Å². The molecule has 2 N–H and O–H groups in total. The molecule has 0 aliphatic heterocycles. The quantitative estimate of drug-likeness (QED) is 0.820. The van der Waals surface area contributed by atoms with Crippen molar-refractivity contribution in [3.05, 3.63) is 70.7 Å². The zero-order valence-corrected chi connectivity index (χ0v) is 14.2. The molecule has 0 bridgehead atoms. The van der Waals surface area contributed by atoms with Crippen LogP contribution in [0.1, 0.15) is 25.0 Å². The summed E-state index contributed by atoms with van der Waals surface area (Å²) in [6.45, 7) is 3.77. The van der Waals surface area contributed by atoms with Crippen molar-refractivity contribution in [3.63, 3.8) is 0 Å². The summed E-state index contributed by atoms with van der Waals surface area (Å²) in [6.07, 6.45) is 1.07. The summed E-state index contributed by atoms with van der Waals surface area (Å²) in [5.74, 6) is -0.382. The lowest BCUT2D eigenvalue weighted by molar-refractivity contribution is -0.157. The van der Waals surface area contributed by atoms with Crippen molar-refractivity contribution in [2.24, 2.45) is 5.73 Å². The van der Waals surface area contributed by atoms with Gasteiger partial charge in [-0.25, -0.2) is 0 Å². The molecule has 0 aromatic heterocycles. The van der Waals surface area contributed by atoms with Crippen LogP contribution in [0.5, 0.6) is 0 Å². The summed E-state index contributed by atoms with van der Waals surface area (Å²) in [5, 5.41) is 0.688. The Hall–Kier alpha value is -1.84. The van der Waals surface area contributed by atoms with Crippen molar-refractivity contribution >= 4 is 17.6 Å². The summed E-state index contributed by atoms with van der Waals surface area (Å²) < 4.78 is 5.61. The van der Waals surface area contributed by atoms with E-state index in [1.165, 1.54) is 0 Å². The molecule has 0 spiro atoms. The van der Waals surface area contributed by atoms with Gasteiger partial charge in [-0.2, -0.15) is 0 Å². The number of benzene rings is 2. The first kappa shape index (κ1) is 17.5. The molecule has 1 unspecified atom stereocenters. The van der Waals surface area contributed by atoms with Crippen molar-refractivity contribution in [1.82, 2.24) is 0 Å². The largest absolute Gasteiger partial charge is 0.458 e. The van der Waals surface area contributed by atoms with E-state index in [-0.39, 0.29) is 5.97 Å². The maximum absolute atomic E-state index is 12.2. The smallest absolute Gasteiger partial charge is 0.323 e. The van der Waals surface area contributed by atoms with Gasteiger partial charge >= 0.3 is 5.97 Å². The minimum absolute atomic E-state index is 0.382. The van der Waals surface area contributed by atoms with Gasteiger partial charge in [0, 0.05) is 11.4 Å². The average Bonchev–Trinajstić information content (AvgIpc) is 2.50. The number of hydrogen-bond acceptors (Lipinski definition) is 3. The van der Waals surface area contributed by atoms with E-state index in [2.05, 4.69) is 0 Å². The molecule has 2 rings (SSSR count). The Kier molecular flexibility index (Phi) is 5.80. The highest BCUT2D eigenvalue weighted by molar-refractivity contribution is 6.30. The SMILES string of the molecule is CC(C)(Cc1ccc(Cl)cc1)OC(=O)C(N)Cc1ccccc1. The molecule has 2 aromatic carbocycles. The minimum atomic E-state index is -0.665. The Morgan fingerprint density at radius 3 is 2.30 bits per heavy atom. The Morgan fingerprint density at radius 2 is 1.70 bits per heavy atom. The number of esters is 1. The third-order valence-electron chi connectivity index (χ3n) is 3.52. The van der Waals surface area contributed by atoms with Gasteiger partial charge in [0.2, 0.25) is 0 Å². The Balaban J connectivity index is 1.93. The minimum Gasteiger partial charge on any atom is -0.458 e. The Bertz CT molecular complexity index is 638. The molecule has 1 atom stereocenters. The fourth-order valence-corrected chi connectivity index (χ4v) is 2.56. The van der Waals surface area contributed by atoms with Gasteiger partial charge in [-0.3, -0.25) is 4.79 Å². The van der Waals surface area contributed by atoms with Gasteiger partial charge in [-0.15, -0.1) is 0 Å². The van der Waals surface area contributed by atoms with Crippen molar-refractivity contribution in [1.29, 1.82) is 0 Å². The van der Waals surface area contributed by atoms with E-state index in [1.54, 1.807) is 0 Å². The molecular formula is C19H22ClNO2. The molecule has 0 aliphatic carbocycles. The molecule has 0 amide bonds. The molecule has 3 nitrogen and oxygen atoms in total. The van der Waals surface area contributed by atoms with Crippen molar-refractivity contribution in [2.75, 3.05) is 0 Å². The van der Waals surface area contributed by atoms with E-state index in [1.807, 2.05) is 68.4 Å². The first-order valence-corrected chi connectivity index (χ1v) is 8.00. The number of carbonyl (C=O) groups excluding carboxylic acids is 1. The second-order valence-electron chi connectivity index (χ2n) is 6.28. The predicted molar refractivity (Wildman–Crippen MR) is 93.4 cm³/mol. The summed E-state index contributed by atoms with van der Waals surface area (Å²) in [7, 11) is 0. The molecule has 0 saturated carbocycles. The summed E-state index contributed by atoms with van der Waals surface area (Å²) >= 11 is 5.88. The molecule has 0 radical (unpaired) electrons. The van der Waals surface area contributed by atoms with Gasteiger partial charge < -0.3 is 10.5 Å². The lowest BCUT2D eigenvalue weighted by Gasteiger charge is -2.27. The molecule has 0 fully saturated rings. The Labute approximate surface area is 142 Å². The molecule has 0 heterocycles. The van der Waals surface area contributed by atoms with Crippen molar-refractivity contribution < 1.29 is 9.53 Å². The monoisotopic (exact) mass is 331 g/mol. The summed E-state index contributed by atoms with van der Waals surface area (Å²) in [6, 6.07) is 16.5. The van der Waals surface area contributed by atoms with E-state index in [0.717, 1.165) is 11.1 Å². The lowest BCUT2D eigenvalue weighted by Crippen LogP contribution is -2.40. The summed E-state index contributed by atoms with van der Waals surface area (Å²) in [5.41, 5.74) is 7.43. The second-order valence-corrected chi connectivity index (χ2v) is 6.72. The van der Waals surface area contributed by atoms with E-state index in [9.17, 15) is 4.79 Å². The van der Waals surface area contributed by atoms with Crippen molar-refractivity contribution in [2.45, 2.75) is 38.3 Å². The van der Waals surface area contributed by atoms with Crippen LogP contribution < -0.4 is 5.73 Å². The van der Waals surface area contributed by atoms with Crippen LogP contribution in [0.4, 0.5) is 0 Å². The molecular weight excluding hydrogens is 310 g/mol. The summed E-state index contributed by atoms with van der Waals surface area (Å²) in [4.78, 5) is 12.2. The van der Waals surface area contributed by atoms with Crippen LogP contribution in [0.3, 0.4) is 0 Å². The highest BCUT2D eigenvalue weighted by Gasteiger charge is 2.26. The molecule has 0 saturated heterocycles. The third-order valence-corrected chi connectivity index (χ3v) is 3.77. The number of ether oxygens (including phenoxy) is 1. The molecule has 122 valence electrons. The first-order chi connectivity index (χ1) is 10.9. The van der Waals surface area contributed by atoms with Crippen LogP contribution in [0.2, 0.25) is 5.02 Å². The van der Waals surface area contributed by atoms with Crippen LogP contribution >= 0.6 is 11.6 Å². The first-order valence-electron chi connectivity index (χ1n) is 7.62. The average molecular weight is 332 g/mol. The van der Waals surface area contributed by atoms with Gasteiger partial charge in [0.25, 0.3) is 0 Å². The van der Waals surface area contributed by atoms with Gasteiger partial charge in [-0.1, -0.05) is 54.1 Å². The zero-order valence-electron chi connectivity index (χ0n) is 13.5. The third kappa shape index (κ3) is 5.70. The van der Waals surface area contributed by atoms with Crippen LogP contribution in [-0.2, 0) is 22.4 Å². The van der Waals surface area contributed by atoms with Gasteiger partial charge in [0.15, 0.2) is 0 Å². The molecule has 0 aliphatic rings. The van der Waals surface area contributed by atoms with Crippen LogP contribution in [-0.4, -0.2) is 17.6 Å². The number of carbonyl (C=O) groups is 1. The molecule has 4 heteroatoms. The fourth-order valence-electron chi connectivity index (χ4n) is 2.43. The van der Waals surface area contributed by atoms with E-state index in [0.29, 0.717) is 17.9 Å². The van der Waals surface area contributed by atoms with E-state index in [4.69, 9.17) is 22.1 Å². The van der Waals surface area contributed by atoms with Crippen LogP contribution in [0.15, 0.2) is 54.6 Å². The zero-order chi connectivity index (χ0) is 16.9. The van der Waals surface area contributed by atoms with E-state index < -0.39 is 11.6 Å². The van der Waals surface area contributed by atoms with Gasteiger partial charge in [0.1, 0.15) is 11.6 Å². The standard InChI is InChI=1S/C19H22ClNO2/c1-19(2,13-15-8-10-16(20)11-9-15)23-18(22)17(21)12-14-6-4-3-5-7-14/h3-11,17H,12-13,21H2,1-2H3. The Morgan fingerprint density at radius 1 is 1.09 bits per heavy atom. The highest BCUT2D eigenvalue weighted by atomic mass is 35.5. The van der Waals surface area contributed by atoms with E-state index >= 15 is 0 Å². The maximum Gasteiger partial charge on any atom is 0.323 e. The normalized spacial score (nSPS) is 12.7. The van der Waals surface area contributed by atoms with Gasteiger partial charge in [-0.05, 0) is 43.5 Å². The second kappa shape index (κ2) is 7.62. The predicted octanol–water partition coefficient (Wildman–Crippen LogP) is 3.77. The van der Waals surface area contributed by atoms with Crippen LogP contribution in [0, 0.1) is 0 Å². The molecule has 23 heavy (non-hydrogen) atoms. The highest BCUT2D eigenvalue weighted by Crippen LogP contribution is 2.20. The van der Waals surface area contributed by atoms with Gasteiger partial charge in [0.05, 0.1) is 0 Å². The number of halogens is 1. The topological polar surface area (TPSA) is 52.3 Å². The number of nitrogens with two attached hydrogens (primary N) is 1. The number of rotatable bonds is 6. The fraction of sp³-hybridized carbons (Fsp3) is 0.316. The maximum atomic E-state index is 12.2.